The van der Waals surface area contributed by atoms with Gasteiger partial charge in [-0.05, 0) is 35.9 Å². The number of amides is 1. The number of rotatable bonds is 2. The SMILES string of the molecule is O=C(NCC#Cc1ccccc1)c1ccc(Cl)o1. The zero-order valence-corrected chi connectivity index (χ0v) is 10.2. The average Bonchev–Trinajstić information content (AvgIpc) is 2.82. The number of carbonyl (C=O) groups is 1. The number of furan rings is 1. The van der Waals surface area contributed by atoms with Gasteiger partial charge in [0.2, 0.25) is 0 Å². The minimum atomic E-state index is -0.329. The van der Waals surface area contributed by atoms with E-state index in [4.69, 9.17) is 16.0 Å². The highest BCUT2D eigenvalue weighted by Crippen LogP contribution is 2.12. The van der Waals surface area contributed by atoms with Crippen LogP contribution >= 0.6 is 11.6 Å². The summed E-state index contributed by atoms with van der Waals surface area (Å²) in [6.07, 6.45) is 0. The van der Waals surface area contributed by atoms with Gasteiger partial charge in [0.15, 0.2) is 11.0 Å². The molecule has 90 valence electrons. The van der Waals surface area contributed by atoms with Crippen molar-refractivity contribution < 1.29 is 9.21 Å². The van der Waals surface area contributed by atoms with E-state index in [1.165, 1.54) is 12.1 Å². The fourth-order valence-corrected chi connectivity index (χ4v) is 1.46. The van der Waals surface area contributed by atoms with Crippen molar-refractivity contribution in [1.82, 2.24) is 5.32 Å². The topological polar surface area (TPSA) is 42.2 Å². The summed E-state index contributed by atoms with van der Waals surface area (Å²) in [5, 5.41) is 2.81. The van der Waals surface area contributed by atoms with Crippen LogP contribution in [-0.2, 0) is 0 Å². The van der Waals surface area contributed by atoms with Gasteiger partial charge in [0.1, 0.15) is 0 Å². The molecule has 0 radical (unpaired) electrons. The fourth-order valence-electron chi connectivity index (χ4n) is 1.32. The van der Waals surface area contributed by atoms with E-state index in [-0.39, 0.29) is 23.4 Å². The molecule has 0 saturated carbocycles. The van der Waals surface area contributed by atoms with Gasteiger partial charge in [-0.25, -0.2) is 0 Å². The van der Waals surface area contributed by atoms with E-state index >= 15 is 0 Å². The Balaban J connectivity index is 1.86. The lowest BCUT2D eigenvalue weighted by molar-refractivity contribution is 0.0931. The maximum Gasteiger partial charge on any atom is 0.287 e. The zero-order valence-electron chi connectivity index (χ0n) is 9.44. The number of hydrogen-bond acceptors (Lipinski definition) is 2. The first-order valence-electron chi connectivity index (χ1n) is 5.33. The van der Waals surface area contributed by atoms with Crippen LogP contribution in [0, 0.1) is 11.8 Å². The van der Waals surface area contributed by atoms with E-state index in [2.05, 4.69) is 17.2 Å². The molecule has 18 heavy (non-hydrogen) atoms. The van der Waals surface area contributed by atoms with E-state index in [9.17, 15) is 4.79 Å². The molecule has 0 bridgehead atoms. The fraction of sp³-hybridized carbons (Fsp3) is 0.0714. The van der Waals surface area contributed by atoms with Gasteiger partial charge in [0.25, 0.3) is 5.91 Å². The molecule has 0 unspecified atom stereocenters. The molecule has 0 aliphatic carbocycles. The summed E-state index contributed by atoms with van der Waals surface area (Å²) >= 11 is 5.57. The minimum absolute atomic E-state index is 0.182. The first-order chi connectivity index (χ1) is 8.75. The summed E-state index contributed by atoms with van der Waals surface area (Å²) in [5.41, 5.74) is 0.910. The van der Waals surface area contributed by atoms with E-state index in [1.54, 1.807) is 0 Å². The van der Waals surface area contributed by atoms with Gasteiger partial charge < -0.3 is 9.73 Å². The van der Waals surface area contributed by atoms with Crippen LogP contribution in [0.4, 0.5) is 0 Å². The second-order valence-electron chi connectivity index (χ2n) is 3.45. The maximum absolute atomic E-state index is 11.5. The summed E-state index contributed by atoms with van der Waals surface area (Å²) in [6.45, 7) is 0.256. The molecule has 1 amide bonds. The van der Waals surface area contributed by atoms with E-state index in [0.29, 0.717) is 0 Å². The molecule has 4 heteroatoms. The molecule has 1 N–H and O–H groups in total. The lowest BCUT2D eigenvalue weighted by Gasteiger charge is -1.96. The van der Waals surface area contributed by atoms with Crippen LogP contribution in [0.5, 0.6) is 0 Å². The number of halogens is 1. The van der Waals surface area contributed by atoms with Crippen LogP contribution < -0.4 is 5.32 Å². The predicted octanol–water partition coefficient (Wildman–Crippen LogP) is 2.71. The Morgan fingerprint density at radius 1 is 1.22 bits per heavy atom. The number of nitrogens with one attached hydrogen (secondary N) is 1. The molecule has 0 atom stereocenters. The van der Waals surface area contributed by atoms with Crippen LogP contribution in [0.25, 0.3) is 0 Å². The Labute approximate surface area is 110 Å². The molecule has 2 rings (SSSR count). The molecule has 0 fully saturated rings. The lowest BCUT2D eigenvalue weighted by atomic mass is 10.2. The third kappa shape index (κ3) is 3.41. The van der Waals surface area contributed by atoms with E-state index < -0.39 is 0 Å². The highest BCUT2D eigenvalue weighted by atomic mass is 35.5. The summed E-state index contributed by atoms with van der Waals surface area (Å²) in [5.74, 6) is 5.64. The van der Waals surface area contributed by atoms with Crippen LogP contribution in [-0.4, -0.2) is 12.5 Å². The molecule has 1 aromatic heterocycles. The van der Waals surface area contributed by atoms with Gasteiger partial charge in [-0.1, -0.05) is 30.0 Å². The maximum atomic E-state index is 11.5. The normalized spacial score (nSPS) is 9.39. The number of hydrogen-bond donors (Lipinski definition) is 1. The van der Waals surface area contributed by atoms with Crippen molar-refractivity contribution in [2.45, 2.75) is 0 Å². The smallest absolute Gasteiger partial charge is 0.287 e. The average molecular weight is 260 g/mol. The molecular weight excluding hydrogens is 250 g/mol. The molecule has 1 heterocycles. The van der Waals surface area contributed by atoms with E-state index in [0.717, 1.165) is 5.56 Å². The van der Waals surface area contributed by atoms with Crippen molar-refractivity contribution in [1.29, 1.82) is 0 Å². The molecule has 3 nitrogen and oxygen atoms in total. The monoisotopic (exact) mass is 259 g/mol. The molecule has 0 spiro atoms. The number of benzene rings is 1. The van der Waals surface area contributed by atoms with Crippen LogP contribution in [0.1, 0.15) is 16.1 Å². The Morgan fingerprint density at radius 3 is 2.67 bits per heavy atom. The van der Waals surface area contributed by atoms with Crippen molar-refractivity contribution in [3.05, 3.63) is 59.0 Å². The third-order valence-corrected chi connectivity index (χ3v) is 2.34. The molecule has 0 saturated heterocycles. The summed E-state index contributed by atoms with van der Waals surface area (Å²) < 4.78 is 4.97. The van der Waals surface area contributed by atoms with Crippen molar-refractivity contribution in [2.75, 3.05) is 6.54 Å². The molecule has 1 aromatic carbocycles. The molecular formula is C14H10ClNO2. The minimum Gasteiger partial charge on any atom is -0.440 e. The first kappa shape index (κ1) is 12.3. The zero-order chi connectivity index (χ0) is 12.8. The summed E-state index contributed by atoms with van der Waals surface area (Å²) in [7, 11) is 0. The Bertz CT molecular complexity index is 593. The first-order valence-corrected chi connectivity index (χ1v) is 5.71. The predicted molar refractivity (Wildman–Crippen MR) is 69.4 cm³/mol. The molecule has 0 aliphatic heterocycles. The Kier molecular flexibility index (Phi) is 4.06. The highest BCUT2D eigenvalue weighted by molar-refractivity contribution is 6.29. The lowest BCUT2D eigenvalue weighted by Crippen LogP contribution is -2.22. The second-order valence-corrected chi connectivity index (χ2v) is 3.83. The third-order valence-electron chi connectivity index (χ3n) is 2.14. The Hall–Kier alpha value is -2.18. The molecule has 0 aliphatic rings. The molecule has 2 aromatic rings. The van der Waals surface area contributed by atoms with Crippen LogP contribution in [0.2, 0.25) is 5.22 Å². The standard InChI is InChI=1S/C14H10ClNO2/c15-13-9-8-12(18-13)14(17)16-10-4-7-11-5-2-1-3-6-11/h1-3,5-6,8-9H,10H2,(H,16,17). The number of carbonyl (C=O) groups excluding carboxylic acids is 1. The second kappa shape index (κ2) is 5.95. The van der Waals surface area contributed by atoms with Gasteiger partial charge in [0.05, 0.1) is 6.54 Å². The van der Waals surface area contributed by atoms with Crippen molar-refractivity contribution >= 4 is 17.5 Å². The quantitative estimate of drug-likeness (QED) is 0.843. The van der Waals surface area contributed by atoms with Crippen molar-refractivity contribution in [2.24, 2.45) is 0 Å². The Morgan fingerprint density at radius 2 is 2.00 bits per heavy atom. The van der Waals surface area contributed by atoms with Gasteiger partial charge >= 0.3 is 0 Å². The van der Waals surface area contributed by atoms with E-state index in [1.807, 2.05) is 30.3 Å². The van der Waals surface area contributed by atoms with Gasteiger partial charge in [-0.2, -0.15) is 0 Å². The highest BCUT2D eigenvalue weighted by Gasteiger charge is 2.08. The summed E-state index contributed by atoms with van der Waals surface area (Å²) in [4.78, 5) is 11.5. The van der Waals surface area contributed by atoms with Crippen LogP contribution in [0.15, 0.2) is 46.9 Å². The van der Waals surface area contributed by atoms with Crippen molar-refractivity contribution in [3.8, 4) is 11.8 Å². The van der Waals surface area contributed by atoms with Gasteiger partial charge in [-0.15, -0.1) is 0 Å². The summed E-state index contributed by atoms with van der Waals surface area (Å²) in [6, 6.07) is 12.6. The van der Waals surface area contributed by atoms with Crippen LogP contribution in [0.3, 0.4) is 0 Å². The largest absolute Gasteiger partial charge is 0.440 e. The van der Waals surface area contributed by atoms with Crippen molar-refractivity contribution in [3.63, 3.8) is 0 Å². The van der Waals surface area contributed by atoms with Gasteiger partial charge in [0, 0.05) is 5.56 Å². The van der Waals surface area contributed by atoms with Gasteiger partial charge in [-0.3, -0.25) is 4.79 Å².